The molecule has 0 aromatic heterocycles. The van der Waals surface area contributed by atoms with Gasteiger partial charge in [0.25, 0.3) is 0 Å². The summed E-state index contributed by atoms with van der Waals surface area (Å²) < 4.78 is 10.5. The molecule has 0 spiro atoms. The quantitative estimate of drug-likeness (QED) is 0.843. The zero-order valence-electron chi connectivity index (χ0n) is 11.1. The van der Waals surface area contributed by atoms with Crippen molar-refractivity contribution in [2.45, 2.75) is 6.10 Å². The summed E-state index contributed by atoms with van der Waals surface area (Å²) >= 11 is 0. The zero-order valence-corrected chi connectivity index (χ0v) is 11.1. The van der Waals surface area contributed by atoms with Crippen LogP contribution in [0.5, 0.6) is 5.75 Å². The Hall–Kier alpha value is -2.11. The van der Waals surface area contributed by atoms with Crippen LogP contribution in [0.15, 0.2) is 36.4 Å². The van der Waals surface area contributed by atoms with E-state index in [-0.39, 0.29) is 13.2 Å². The number of fused-ring (bicyclic) bond motifs is 1. The molecule has 0 fully saturated rings. The average Bonchev–Trinajstić information content (AvgIpc) is 2.47. The fourth-order valence-electron chi connectivity index (χ4n) is 2.17. The summed E-state index contributed by atoms with van der Waals surface area (Å²) in [5.41, 5.74) is 0.464. The van der Waals surface area contributed by atoms with Crippen LogP contribution >= 0.6 is 0 Å². The number of benzene rings is 2. The standard InChI is InChI=1S/C15H16O5/c1-19-12-7-6-10-4-2-3-5-11(10)13(12)14(15(17)18)20-9-8-16/h2-7,14,16H,8-9H2,1H3,(H,17,18). The molecule has 106 valence electrons. The molecule has 5 nitrogen and oxygen atoms in total. The van der Waals surface area contributed by atoms with Gasteiger partial charge in [-0.1, -0.05) is 30.3 Å². The summed E-state index contributed by atoms with van der Waals surface area (Å²) in [6, 6.07) is 11.0. The Morgan fingerprint density at radius 3 is 2.65 bits per heavy atom. The third-order valence-electron chi connectivity index (χ3n) is 3.01. The van der Waals surface area contributed by atoms with E-state index in [0.29, 0.717) is 11.3 Å². The van der Waals surface area contributed by atoms with E-state index < -0.39 is 12.1 Å². The highest BCUT2D eigenvalue weighted by molar-refractivity contribution is 5.92. The summed E-state index contributed by atoms with van der Waals surface area (Å²) in [6.07, 6.45) is -1.18. The summed E-state index contributed by atoms with van der Waals surface area (Å²) in [4.78, 5) is 11.5. The Balaban J connectivity index is 2.61. The molecule has 2 aromatic rings. The lowest BCUT2D eigenvalue weighted by Crippen LogP contribution is -2.18. The van der Waals surface area contributed by atoms with Gasteiger partial charge in [0.2, 0.25) is 0 Å². The van der Waals surface area contributed by atoms with Crippen LogP contribution in [-0.2, 0) is 9.53 Å². The topological polar surface area (TPSA) is 76.0 Å². The molecule has 0 heterocycles. The minimum atomic E-state index is -1.18. The first-order valence-corrected chi connectivity index (χ1v) is 6.20. The van der Waals surface area contributed by atoms with Gasteiger partial charge < -0.3 is 19.7 Å². The van der Waals surface area contributed by atoms with E-state index >= 15 is 0 Å². The molecule has 1 atom stereocenters. The summed E-state index contributed by atoms with van der Waals surface area (Å²) in [5, 5.41) is 19.9. The Morgan fingerprint density at radius 1 is 1.25 bits per heavy atom. The molecule has 0 bridgehead atoms. The van der Waals surface area contributed by atoms with E-state index in [2.05, 4.69) is 0 Å². The molecule has 5 heteroatoms. The molecule has 0 saturated heterocycles. The molecule has 0 aliphatic heterocycles. The molecule has 1 unspecified atom stereocenters. The SMILES string of the molecule is COc1ccc2ccccc2c1C(OCCO)C(=O)O. The predicted octanol–water partition coefficient (Wildman–Crippen LogP) is 1.98. The summed E-state index contributed by atoms with van der Waals surface area (Å²) in [6.45, 7) is -0.291. The van der Waals surface area contributed by atoms with Crippen LogP contribution in [0.4, 0.5) is 0 Å². The molecule has 20 heavy (non-hydrogen) atoms. The minimum Gasteiger partial charge on any atom is -0.496 e. The van der Waals surface area contributed by atoms with Crippen molar-refractivity contribution in [1.82, 2.24) is 0 Å². The monoisotopic (exact) mass is 276 g/mol. The summed E-state index contributed by atoms with van der Waals surface area (Å²) in [7, 11) is 1.48. The van der Waals surface area contributed by atoms with Crippen molar-refractivity contribution in [1.29, 1.82) is 0 Å². The second kappa shape index (κ2) is 6.36. The van der Waals surface area contributed by atoms with Gasteiger partial charge in [-0.25, -0.2) is 4.79 Å². The number of carboxylic acid groups (broad SMARTS) is 1. The lowest BCUT2D eigenvalue weighted by atomic mass is 9.99. The van der Waals surface area contributed by atoms with Gasteiger partial charge in [-0.15, -0.1) is 0 Å². The molecule has 0 amide bonds. The van der Waals surface area contributed by atoms with Gasteiger partial charge in [-0.05, 0) is 16.8 Å². The number of aliphatic hydroxyl groups excluding tert-OH is 1. The van der Waals surface area contributed by atoms with Crippen molar-refractivity contribution >= 4 is 16.7 Å². The molecule has 0 saturated carbocycles. The highest BCUT2D eigenvalue weighted by atomic mass is 16.5. The lowest BCUT2D eigenvalue weighted by molar-refractivity contribution is -0.151. The molecular weight excluding hydrogens is 260 g/mol. The van der Waals surface area contributed by atoms with Crippen molar-refractivity contribution in [2.75, 3.05) is 20.3 Å². The van der Waals surface area contributed by atoms with Crippen LogP contribution in [0.3, 0.4) is 0 Å². The van der Waals surface area contributed by atoms with Crippen molar-refractivity contribution in [3.05, 3.63) is 42.0 Å². The molecule has 0 aliphatic carbocycles. The number of aliphatic hydroxyl groups is 1. The normalized spacial score (nSPS) is 12.3. The Kier molecular flexibility index (Phi) is 4.55. The number of carboxylic acids is 1. The fraction of sp³-hybridized carbons (Fsp3) is 0.267. The second-order valence-corrected chi connectivity index (χ2v) is 4.22. The summed E-state index contributed by atoms with van der Waals surface area (Å²) in [5.74, 6) is -0.665. The van der Waals surface area contributed by atoms with Crippen LogP contribution in [0.1, 0.15) is 11.7 Å². The average molecular weight is 276 g/mol. The maximum atomic E-state index is 11.5. The highest BCUT2D eigenvalue weighted by Crippen LogP contribution is 2.35. The largest absolute Gasteiger partial charge is 0.496 e. The van der Waals surface area contributed by atoms with Crippen LogP contribution < -0.4 is 4.74 Å². The molecule has 0 aliphatic rings. The third-order valence-corrected chi connectivity index (χ3v) is 3.01. The van der Waals surface area contributed by atoms with E-state index in [4.69, 9.17) is 14.6 Å². The smallest absolute Gasteiger partial charge is 0.337 e. The molecule has 0 radical (unpaired) electrons. The number of rotatable bonds is 6. The minimum absolute atomic E-state index is 0.0522. The number of hydrogen-bond acceptors (Lipinski definition) is 4. The van der Waals surface area contributed by atoms with Gasteiger partial charge in [0.1, 0.15) is 5.75 Å². The zero-order chi connectivity index (χ0) is 14.5. The van der Waals surface area contributed by atoms with Gasteiger partial charge in [-0.3, -0.25) is 0 Å². The van der Waals surface area contributed by atoms with Crippen LogP contribution in [0.25, 0.3) is 10.8 Å². The first-order chi connectivity index (χ1) is 9.69. The van der Waals surface area contributed by atoms with Gasteiger partial charge >= 0.3 is 5.97 Å². The predicted molar refractivity (Wildman–Crippen MR) is 73.9 cm³/mol. The first kappa shape index (κ1) is 14.3. The Morgan fingerprint density at radius 2 is 2.00 bits per heavy atom. The van der Waals surface area contributed by atoms with E-state index in [1.165, 1.54) is 7.11 Å². The van der Waals surface area contributed by atoms with Crippen molar-refractivity contribution in [2.24, 2.45) is 0 Å². The lowest BCUT2D eigenvalue weighted by Gasteiger charge is -2.18. The van der Waals surface area contributed by atoms with Crippen LogP contribution in [-0.4, -0.2) is 36.5 Å². The molecule has 2 aromatic carbocycles. The maximum Gasteiger partial charge on any atom is 0.337 e. The Bertz CT molecular complexity index is 608. The number of aliphatic carboxylic acids is 1. The Labute approximate surface area is 116 Å². The van der Waals surface area contributed by atoms with E-state index in [1.54, 1.807) is 6.07 Å². The van der Waals surface area contributed by atoms with E-state index in [9.17, 15) is 9.90 Å². The maximum absolute atomic E-state index is 11.5. The molecule has 2 rings (SSSR count). The highest BCUT2D eigenvalue weighted by Gasteiger charge is 2.26. The van der Waals surface area contributed by atoms with Gasteiger partial charge in [0, 0.05) is 5.56 Å². The number of methoxy groups -OCH3 is 1. The van der Waals surface area contributed by atoms with Crippen molar-refractivity contribution in [3.8, 4) is 5.75 Å². The van der Waals surface area contributed by atoms with Crippen LogP contribution in [0, 0.1) is 0 Å². The van der Waals surface area contributed by atoms with Gasteiger partial charge in [0.15, 0.2) is 6.10 Å². The molecular formula is C15H16O5. The second-order valence-electron chi connectivity index (χ2n) is 4.22. The molecule has 2 N–H and O–H groups in total. The third kappa shape index (κ3) is 2.74. The van der Waals surface area contributed by atoms with Crippen molar-refractivity contribution in [3.63, 3.8) is 0 Å². The van der Waals surface area contributed by atoms with Crippen molar-refractivity contribution < 1.29 is 24.5 Å². The number of hydrogen-bond donors (Lipinski definition) is 2. The number of ether oxygens (including phenoxy) is 2. The van der Waals surface area contributed by atoms with Gasteiger partial charge in [-0.2, -0.15) is 0 Å². The number of carbonyl (C=O) groups is 1. The van der Waals surface area contributed by atoms with Gasteiger partial charge in [0.05, 0.1) is 20.3 Å². The van der Waals surface area contributed by atoms with E-state index in [0.717, 1.165) is 10.8 Å². The fourth-order valence-corrected chi connectivity index (χ4v) is 2.17. The first-order valence-electron chi connectivity index (χ1n) is 6.20. The van der Waals surface area contributed by atoms with Crippen LogP contribution in [0.2, 0.25) is 0 Å². The van der Waals surface area contributed by atoms with E-state index in [1.807, 2.05) is 30.3 Å².